The average Bonchev–Trinajstić information content (AvgIpc) is 2.47. The first kappa shape index (κ1) is 9.19. The Morgan fingerprint density at radius 1 is 1.29 bits per heavy atom. The van der Waals surface area contributed by atoms with Crippen LogP contribution in [0.4, 0.5) is 0 Å². The molecule has 0 radical (unpaired) electrons. The zero-order chi connectivity index (χ0) is 10.2. The second-order valence-electron chi connectivity index (χ2n) is 4.81. The van der Waals surface area contributed by atoms with Crippen molar-refractivity contribution in [2.24, 2.45) is 5.41 Å². The number of hydrogen-bond acceptors (Lipinski definition) is 2. The summed E-state index contributed by atoms with van der Waals surface area (Å²) in [5.41, 5.74) is 2.67. The maximum atomic E-state index is 4.21. The first-order valence-electron chi connectivity index (χ1n) is 4.84. The highest BCUT2D eigenvalue weighted by Gasteiger charge is 2.14. The third-order valence-electron chi connectivity index (χ3n) is 2.10. The molecule has 14 heavy (non-hydrogen) atoms. The fraction of sp³-hybridized carbons (Fsp3) is 0.455. The summed E-state index contributed by atoms with van der Waals surface area (Å²) in [5.74, 6) is 0. The van der Waals surface area contributed by atoms with Crippen molar-refractivity contribution in [2.45, 2.75) is 27.2 Å². The molecule has 2 aromatic rings. The highest BCUT2D eigenvalue weighted by molar-refractivity contribution is 5.52. The Bertz CT molecular complexity index is 437. The standard InChI is InChI=1S/C11H15N3/c1-11(2,3)7-9-8-13-14-10(9)5-4-6-12-14/h4-6,8H,7H2,1-3H3. The molecule has 3 nitrogen and oxygen atoms in total. The van der Waals surface area contributed by atoms with E-state index >= 15 is 0 Å². The SMILES string of the molecule is CC(C)(C)Cc1cnn2ncccc12. The lowest BCUT2D eigenvalue weighted by atomic mass is 9.89. The van der Waals surface area contributed by atoms with E-state index in [0.717, 1.165) is 11.9 Å². The van der Waals surface area contributed by atoms with Crippen LogP contribution in [0.1, 0.15) is 26.3 Å². The van der Waals surface area contributed by atoms with Gasteiger partial charge in [0.1, 0.15) is 0 Å². The molecule has 0 bridgehead atoms. The molecule has 0 fully saturated rings. The predicted octanol–water partition coefficient (Wildman–Crippen LogP) is 2.32. The summed E-state index contributed by atoms with van der Waals surface area (Å²) >= 11 is 0. The van der Waals surface area contributed by atoms with Gasteiger partial charge in [-0.3, -0.25) is 0 Å². The molecule has 2 heterocycles. The van der Waals surface area contributed by atoms with Crippen molar-refractivity contribution in [1.29, 1.82) is 0 Å². The molecule has 0 saturated carbocycles. The van der Waals surface area contributed by atoms with Gasteiger partial charge in [-0.1, -0.05) is 20.8 Å². The molecular weight excluding hydrogens is 174 g/mol. The Kier molecular flexibility index (Phi) is 2.02. The van der Waals surface area contributed by atoms with Gasteiger partial charge in [-0.15, -0.1) is 0 Å². The molecule has 0 spiro atoms. The summed E-state index contributed by atoms with van der Waals surface area (Å²) < 4.78 is 1.68. The summed E-state index contributed by atoms with van der Waals surface area (Å²) in [4.78, 5) is 0. The van der Waals surface area contributed by atoms with Crippen LogP contribution in [0.5, 0.6) is 0 Å². The van der Waals surface area contributed by atoms with Crippen LogP contribution >= 0.6 is 0 Å². The Morgan fingerprint density at radius 3 is 2.79 bits per heavy atom. The second kappa shape index (κ2) is 3.08. The van der Waals surface area contributed by atoms with Gasteiger partial charge >= 0.3 is 0 Å². The van der Waals surface area contributed by atoms with E-state index in [0.29, 0.717) is 5.41 Å². The average molecular weight is 189 g/mol. The molecule has 0 atom stereocenters. The molecule has 0 unspecified atom stereocenters. The number of aromatic nitrogens is 3. The maximum absolute atomic E-state index is 4.21. The third kappa shape index (κ3) is 1.76. The summed E-state index contributed by atoms with van der Waals surface area (Å²) in [7, 11) is 0. The van der Waals surface area contributed by atoms with E-state index in [2.05, 4.69) is 37.0 Å². The van der Waals surface area contributed by atoms with E-state index in [1.807, 2.05) is 12.3 Å². The van der Waals surface area contributed by atoms with E-state index in [1.54, 1.807) is 10.8 Å². The van der Waals surface area contributed by atoms with Crippen LogP contribution in [-0.2, 0) is 6.42 Å². The zero-order valence-electron chi connectivity index (χ0n) is 8.86. The maximum Gasteiger partial charge on any atom is 0.0905 e. The van der Waals surface area contributed by atoms with Gasteiger partial charge in [0.2, 0.25) is 0 Å². The molecule has 2 rings (SSSR count). The molecular formula is C11H15N3. The van der Waals surface area contributed by atoms with Crippen molar-refractivity contribution in [3.63, 3.8) is 0 Å². The molecule has 0 aromatic carbocycles. The Morgan fingerprint density at radius 2 is 2.07 bits per heavy atom. The van der Waals surface area contributed by atoms with Crippen molar-refractivity contribution in [1.82, 2.24) is 14.8 Å². The van der Waals surface area contributed by atoms with Crippen molar-refractivity contribution >= 4 is 5.52 Å². The Hall–Kier alpha value is -1.38. The molecule has 2 aromatic heterocycles. The van der Waals surface area contributed by atoms with Gasteiger partial charge in [0.25, 0.3) is 0 Å². The van der Waals surface area contributed by atoms with E-state index in [4.69, 9.17) is 0 Å². The van der Waals surface area contributed by atoms with Crippen molar-refractivity contribution in [3.8, 4) is 0 Å². The zero-order valence-corrected chi connectivity index (χ0v) is 8.86. The number of rotatable bonds is 1. The number of fused-ring (bicyclic) bond motifs is 1. The van der Waals surface area contributed by atoms with E-state index in [1.165, 1.54) is 5.56 Å². The molecule has 74 valence electrons. The summed E-state index contributed by atoms with van der Waals surface area (Å²) in [6.45, 7) is 6.69. The molecule has 0 aliphatic heterocycles. The van der Waals surface area contributed by atoms with Crippen molar-refractivity contribution in [3.05, 3.63) is 30.1 Å². The van der Waals surface area contributed by atoms with Crippen LogP contribution in [-0.4, -0.2) is 14.8 Å². The van der Waals surface area contributed by atoms with Gasteiger partial charge < -0.3 is 0 Å². The summed E-state index contributed by atoms with van der Waals surface area (Å²) in [6, 6.07) is 4.00. The normalized spacial score (nSPS) is 12.2. The molecule has 0 saturated heterocycles. The fourth-order valence-corrected chi connectivity index (χ4v) is 1.59. The number of hydrogen-bond donors (Lipinski definition) is 0. The largest absolute Gasteiger partial charge is 0.159 e. The van der Waals surface area contributed by atoms with Gasteiger partial charge in [0.05, 0.1) is 11.7 Å². The van der Waals surface area contributed by atoms with Crippen LogP contribution in [0.15, 0.2) is 24.5 Å². The molecule has 3 heteroatoms. The molecule has 0 aliphatic rings. The van der Waals surface area contributed by atoms with E-state index in [-0.39, 0.29) is 0 Å². The smallest absolute Gasteiger partial charge is 0.0905 e. The third-order valence-corrected chi connectivity index (χ3v) is 2.10. The first-order valence-corrected chi connectivity index (χ1v) is 4.84. The van der Waals surface area contributed by atoms with Crippen LogP contribution in [0.25, 0.3) is 5.52 Å². The van der Waals surface area contributed by atoms with Crippen LogP contribution < -0.4 is 0 Å². The lowest BCUT2D eigenvalue weighted by molar-refractivity contribution is 0.412. The van der Waals surface area contributed by atoms with E-state index < -0.39 is 0 Å². The fourth-order valence-electron chi connectivity index (χ4n) is 1.59. The Labute approximate surface area is 83.8 Å². The van der Waals surface area contributed by atoms with Gasteiger partial charge in [0, 0.05) is 11.8 Å². The summed E-state index contributed by atoms with van der Waals surface area (Å²) in [5, 5.41) is 8.35. The number of nitrogens with zero attached hydrogens (tertiary/aromatic N) is 3. The van der Waals surface area contributed by atoms with Crippen LogP contribution in [0.3, 0.4) is 0 Å². The molecule has 0 aliphatic carbocycles. The molecule has 0 amide bonds. The highest BCUT2D eigenvalue weighted by atomic mass is 15.4. The second-order valence-corrected chi connectivity index (χ2v) is 4.81. The monoisotopic (exact) mass is 189 g/mol. The lowest BCUT2D eigenvalue weighted by Crippen LogP contribution is -2.08. The minimum atomic E-state index is 0.291. The first-order chi connectivity index (χ1) is 6.56. The lowest BCUT2D eigenvalue weighted by Gasteiger charge is -2.16. The summed E-state index contributed by atoms with van der Waals surface area (Å²) in [6.07, 6.45) is 4.69. The minimum absolute atomic E-state index is 0.291. The van der Waals surface area contributed by atoms with Crippen molar-refractivity contribution < 1.29 is 0 Å². The van der Waals surface area contributed by atoms with Crippen LogP contribution in [0.2, 0.25) is 0 Å². The van der Waals surface area contributed by atoms with Crippen molar-refractivity contribution in [2.75, 3.05) is 0 Å². The van der Waals surface area contributed by atoms with Crippen LogP contribution in [0, 0.1) is 5.41 Å². The minimum Gasteiger partial charge on any atom is -0.159 e. The predicted molar refractivity (Wildman–Crippen MR) is 56.1 cm³/mol. The quantitative estimate of drug-likeness (QED) is 0.689. The highest BCUT2D eigenvalue weighted by Crippen LogP contribution is 2.22. The van der Waals surface area contributed by atoms with Gasteiger partial charge in [0.15, 0.2) is 0 Å². The topological polar surface area (TPSA) is 30.2 Å². The Balaban J connectivity index is 2.44. The van der Waals surface area contributed by atoms with E-state index in [9.17, 15) is 0 Å². The van der Waals surface area contributed by atoms with Gasteiger partial charge in [-0.25, -0.2) is 0 Å². The van der Waals surface area contributed by atoms with Gasteiger partial charge in [-0.05, 0) is 24.0 Å². The van der Waals surface area contributed by atoms with Gasteiger partial charge in [-0.2, -0.15) is 14.8 Å². The molecule has 0 N–H and O–H groups in total.